The van der Waals surface area contributed by atoms with Crippen LogP contribution in [0.25, 0.3) is 0 Å². The number of rotatable bonds is 0. The molecule has 2 saturated carbocycles. The van der Waals surface area contributed by atoms with Crippen molar-refractivity contribution in [3.8, 4) is 6.07 Å². The summed E-state index contributed by atoms with van der Waals surface area (Å²) in [4.78, 5) is 0. The molecule has 0 heterocycles. The van der Waals surface area contributed by atoms with Gasteiger partial charge in [-0.25, -0.2) is 0 Å². The van der Waals surface area contributed by atoms with Crippen LogP contribution in [0.3, 0.4) is 0 Å². The summed E-state index contributed by atoms with van der Waals surface area (Å²) in [5.74, 6) is -0.0775. The van der Waals surface area contributed by atoms with Gasteiger partial charge in [-0.2, -0.15) is 5.26 Å². The molecule has 2 aliphatic carbocycles. The van der Waals surface area contributed by atoms with Crippen molar-refractivity contribution in [1.29, 1.82) is 5.26 Å². The molecule has 1 N–H and O–H groups in total. The quantitative estimate of drug-likeness (QED) is 0.569. The van der Waals surface area contributed by atoms with Gasteiger partial charge >= 0.3 is 0 Å². The third kappa shape index (κ3) is 1.14. The van der Waals surface area contributed by atoms with Crippen molar-refractivity contribution in [2.45, 2.75) is 38.2 Å². The summed E-state index contributed by atoms with van der Waals surface area (Å²) in [6.07, 6.45) is 5.18. The van der Waals surface area contributed by atoms with E-state index in [9.17, 15) is 5.11 Å². The highest BCUT2D eigenvalue weighted by Crippen LogP contribution is 2.57. The normalized spacial score (nSPS) is 40.0. The lowest BCUT2D eigenvalue weighted by Gasteiger charge is -2.29. The van der Waals surface area contributed by atoms with Gasteiger partial charge in [0.1, 0.15) is 0 Å². The first-order chi connectivity index (χ1) is 5.26. The molecule has 11 heavy (non-hydrogen) atoms. The largest absolute Gasteiger partial charge is 0.392 e. The highest BCUT2D eigenvalue weighted by atomic mass is 16.3. The molecule has 1 spiro atoms. The molecule has 0 saturated heterocycles. The van der Waals surface area contributed by atoms with Gasteiger partial charge in [-0.1, -0.05) is 0 Å². The number of aliphatic hydroxyl groups is 1. The first kappa shape index (κ1) is 7.12. The van der Waals surface area contributed by atoms with E-state index in [1.807, 2.05) is 0 Å². The van der Waals surface area contributed by atoms with Gasteiger partial charge in [0, 0.05) is 0 Å². The Kier molecular flexibility index (Phi) is 1.43. The molecule has 2 aliphatic rings. The fourth-order valence-electron chi connectivity index (χ4n) is 2.12. The van der Waals surface area contributed by atoms with Crippen molar-refractivity contribution >= 4 is 0 Å². The number of nitriles is 1. The first-order valence-corrected chi connectivity index (χ1v) is 4.33. The smallest absolute Gasteiger partial charge is 0.0728 e. The van der Waals surface area contributed by atoms with E-state index in [2.05, 4.69) is 6.07 Å². The van der Waals surface area contributed by atoms with Crippen LogP contribution in [0.5, 0.6) is 0 Å². The van der Waals surface area contributed by atoms with Crippen molar-refractivity contribution in [1.82, 2.24) is 0 Å². The van der Waals surface area contributed by atoms with Crippen molar-refractivity contribution in [3.05, 3.63) is 0 Å². The summed E-state index contributed by atoms with van der Waals surface area (Å²) in [7, 11) is 0. The van der Waals surface area contributed by atoms with Crippen LogP contribution in [0.15, 0.2) is 0 Å². The fourth-order valence-corrected chi connectivity index (χ4v) is 2.12. The van der Waals surface area contributed by atoms with E-state index in [1.165, 1.54) is 12.8 Å². The Labute approximate surface area is 66.8 Å². The maximum atomic E-state index is 9.41. The molecule has 2 nitrogen and oxygen atoms in total. The minimum Gasteiger partial charge on any atom is -0.392 e. The Morgan fingerprint density at radius 3 is 2.64 bits per heavy atom. The highest BCUT2D eigenvalue weighted by molar-refractivity contribution is 5.04. The zero-order valence-corrected chi connectivity index (χ0v) is 6.58. The monoisotopic (exact) mass is 151 g/mol. The van der Waals surface area contributed by atoms with E-state index in [0.717, 1.165) is 19.3 Å². The topological polar surface area (TPSA) is 44.0 Å². The molecule has 0 amide bonds. The van der Waals surface area contributed by atoms with Crippen LogP contribution in [0, 0.1) is 22.7 Å². The number of hydrogen-bond acceptors (Lipinski definition) is 2. The molecule has 0 aromatic rings. The lowest BCUT2D eigenvalue weighted by atomic mass is 9.78. The van der Waals surface area contributed by atoms with Crippen LogP contribution in [-0.4, -0.2) is 11.2 Å². The molecule has 0 aromatic heterocycles. The summed E-state index contributed by atoms with van der Waals surface area (Å²) in [5, 5.41) is 18.1. The van der Waals surface area contributed by atoms with Crippen molar-refractivity contribution in [3.63, 3.8) is 0 Å². The van der Waals surface area contributed by atoms with Gasteiger partial charge in [-0.3, -0.25) is 0 Å². The zero-order chi connectivity index (χ0) is 7.90. The second-order valence-electron chi connectivity index (χ2n) is 4.05. The van der Waals surface area contributed by atoms with Crippen LogP contribution < -0.4 is 0 Å². The van der Waals surface area contributed by atoms with Crippen molar-refractivity contribution < 1.29 is 5.11 Å². The van der Waals surface area contributed by atoms with Gasteiger partial charge in [-0.15, -0.1) is 0 Å². The summed E-state index contributed by atoms with van der Waals surface area (Å²) < 4.78 is 0. The van der Waals surface area contributed by atoms with E-state index < -0.39 is 0 Å². The van der Waals surface area contributed by atoms with Gasteiger partial charge in [-0.05, 0) is 37.5 Å². The van der Waals surface area contributed by atoms with E-state index in [0.29, 0.717) is 5.41 Å². The third-order valence-electron chi connectivity index (χ3n) is 3.21. The highest BCUT2D eigenvalue weighted by Gasteiger charge is 2.48. The fraction of sp³-hybridized carbons (Fsp3) is 0.889. The van der Waals surface area contributed by atoms with Crippen molar-refractivity contribution in [2.75, 3.05) is 0 Å². The molecular weight excluding hydrogens is 138 g/mol. The molecule has 2 rings (SSSR count). The van der Waals surface area contributed by atoms with Crippen molar-refractivity contribution in [2.24, 2.45) is 11.3 Å². The Bertz CT molecular complexity index is 202. The summed E-state index contributed by atoms with van der Waals surface area (Å²) >= 11 is 0. The lowest BCUT2D eigenvalue weighted by Crippen LogP contribution is -2.28. The van der Waals surface area contributed by atoms with E-state index in [-0.39, 0.29) is 12.0 Å². The number of aliphatic hydroxyl groups excluding tert-OH is 1. The molecule has 0 radical (unpaired) electrons. The first-order valence-electron chi connectivity index (χ1n) is 4.33. The Morgan fingerprint density at radius 2 is 2.09 bits per heavy atom. The van der Waals surface area contributed by atoms with Gasteiger partial charge in [0.05, 0.1) is 18.1 Å². The van der Waals surface area contributed by atoms with Crippen LogP contribution in [0.2, 0.25) is 0 Å². The Morgan fingerprint density at radius 1 is 1.36 bits per heavy atom. The molecule has 2 fully saturated rings. The molecule has 0 aliphatic heterocycles. The van der Waals surface area contributed by atoms with Crippen LogP contribution in [0.1, 0.15) is 32.1 Å². The van der Waals surface area contributed by atoms with Crippen LogP contribution >= 0.6 is 0 Å². The van der Waals surface area contributed by atoms with Gasteiger partial charge in [0.25, 0.3) is 0 Å². The number of hydrogen-bond donors (Lipinski definition) is 1. The SMILES string of the molecule is N#CC1CC2(CCC1O)CC2. The molecule has 60 valence electrons. The third-order valence-corrected chi connectivity index (χ3v) is 3.21. The van der Waals surface area contributed by atoms with E-state index in [1.54, 1.807) is 0 Å². The minimum atomic E-state index is -0.341. The van der Waals surface area contributed by atoms with Crippen LogP contribution in [-0.2, 0) is 0 Å². The Balaban J connectivity index is 2.03. The average Bonchev–Trinajstić information content (AvgIpc) is 2.76. The molecule has 0 aromatic carbocycles. The summed E-state index contributed by atoms with van der Waals surface area (Å²) in [6.45, 7) is 0. The molecule has 2 atom stereocenters. The summed E-state index contributed by atoms with van der Waals surface area (Å²) in [5.41, 5.74) is 0.500. The zero-order valence-electron chi connectivity index (χ0n) is 6.58. The minimum absolute atomic E-state index is 0.0775. The molecule has 2 unspecified atom stereocenters. The molecular formula is C9H13NO. The average molecular weight is 151 g/mol. The number of nitrogens with zero attached hydrogens (tertiary/aromatic N) is 1. The predicted octanol–water partition coefficient (Wildman–Crippen LogP) is 1.45. The molecule has 2 heteroatoms. The predicted molar refractivity (Wildman–Crippen MR) is 40.6 cm³/mol. The molecule has 0 bridgehead atoms. The second kappa shape index (κ2) is 2.22. The van der Waals surface area contributed by atoms with Crippen LogP contribution in [0.4, 0.5) is 0 Å². The maximum absolute atomic E-state index is 9.41. The van der Waals surface area contributed by atoms with Gasteiger partial charge < -0.3 is 5.11 Å². The maximum Gasteiger partial charge on any atom is 0.0728 e. The second-order valence-corrected chi connectivity index (χ2v) is 4.05. The van der Waals surface area contributed by atoms with Gasteiger partial charge in [0.15, 0.2) is 0 Å². The van der Waals surface area contributed by atoms with E-state index >= 15 is 0 Å². The van der Waals surface area contributed by atoms with E-state index in [4.69, 9.17) is 5.26 Å². The Hall–Kier alpha value is -0.550. The summed E-state index contributed by atoms with van der Waals surface area (Å²) in [6, 6.07) is 2.20. The van der Waals surface area contributed by atoms with Gasteiger partial charge in [0.2, 0.25) is 0 Å². The standard InChI is InChI=1S/C9H13NO/c10-6-7-5-9(3-4-9)2-1-8(7)11/h7-8,11H,1-5H2. The lowest BCUT2D eigenvalue weighted by molar-refractivity contribution is 0.0673.